The fourth-order valence-electron chi connectivity index (χ4n) is 3.17. The molecule has 2 aromatic heterocycles. The van der Waals surface area contributed by atoms with Crippen LogP contribution in [0.1, 0.15) is 27.9 Å². The van der Waals surface area contributed by atoms with E-state index in [1.807, 2.05) is 30.3 Å². The summed E-state index contributed by atoms with van der Waals surface area (Å²) >= 11 is 1.23. The summed E-state index contributed by atoms with van der Waals surface area (Å²) in [6.07, 6.45) is 1.46. The van der Waals surface area contributed by atoms with Crippen LogP contribution in [0.15, 0.2) is 58.5 Å². The number of carbonyl (C=O) groups is 3. The van der Waals surface area contributed by atoms with Crippen LogP contribution in [0, 0.1) is 0 Å². The van der Waals surface area contributed by atoms with Gasteiger partial charge in [-0.1, -0.05) is 30.3 Å². The van der Waals surface area contributed by atoms with Crippen molar-refractivity contribution in [1.82, 2.24) is 15.2 Å². The summed E-state index contributed by atoms with van der Waals surface area (Å²) in [7, 11) is 0. The van der Waals surface area contributed by atoms with Crippen molar-refractivity contribution in [2.75, 3.05) is 18.4 Å². The summed E-state index contributed by atoms with van der Waals surface area (Å²) in [5.74, 6) is -0.606. The third kappa shape index (κ3) is 4.19. The lowest BCUT2D eigenvalue weighted by Crippen LogP contribution is -2.52. The minimum atomic E-state index is -0.658. The lowest BCUT2D eigenvalue weighted by atomic mass is 10.0. The lowest BCUT2D eigenvalue weighted by molar-refractivity contribution is -0.143. The Hall–Kier alpha value is -3.46. The zero-order valence-electron chi connectivity index (χ0n) is 15.3. The van der Waals surface area contributed by atoms with Crippen LogP contribution >= 0.6 is 11.3 Å². The average molecular weight is 410 g/mol. The van der Waals surface area contributed by atoms with Crippen molar-refractivity contribution in [3.63, 3.8) is 0 Å². The Balaban J connectivity index is 1.45. The van der Waals surface area contributed by atoms with E-state index in [0.29, 0.717) is 23.9 Å². The van der Waals surface area contributed by atoms with Gasteiger partial charge in [-0.2, -0.15) is 0 Å². The number of rotatable bonds is 5. The second-order valence-corrected chi connectivity index (χ2v) is 7.30. The number of furan rings is 1. The van der Waals surface area contributed by atoms with E-state index in [1.54, 1.807) is 22.4 Å². The van der Waals surface area contributed by atoms with Gasteiger partial charge in [0.05, 0.1) is 18.4 Å². The number of aromatic nitrogens is 1. The maximum atomic E-state index is 12.9. The molecule has 4 rings (SSSR count). The number of carbonyl (C=O) groups excluding carboxylic acids is 3. The number of nitrogens with zero attached hydrogens (tertiary/aromatic N) is 2. The Labute approximate surface area is 170 Å². The van der Waals surface area contributed by atoms with E-state index in [-0.39, 0.29) is 24.0 Å². The molecule has 1 aliphatic rings. The van der Waals surface area contributed by atoms with Gasteiger partial charge in [0.2, 0.25) is 11.8 Å². The molecule has 3 heterocycles. The van der Waals surface area contributed by atoms with E-state index < -0.39 is 11.9 Å². The molecular weight excluding hydrogens is 392 g/mol. The molecule has 29 heavy (non-hydrogen) atoms. The maximum absolute atomic E-state index is 12.9. The third-order valence-electron chi connectivity index (χ3n) is 4.50. The summed E-state index contributed by atoms with van der Waals surface area (Å²) < 4.78 is 5.05. The van der Waals surface area contributed by atoms with Crippen LogP contribution in [-0.2, 0) is 16.0 Å². The van der Waals surface area contributed by atoms with Crippen LogP contribution in [0.2, 0.25) is 0 Å². The molecule has 1 aliphatic heterocycles. The minimum Gasteiger partial charge on any atom is -0.459 e. The number of piperazine rings is 1. The van der Waals surface area contributed by atoms with Crippen LogP contribution in [0.3, 0.4) is 0 Å². The molecule has 0 aliphatic carbocycles. The first kappa shape index (κ1) is 18.9. The minimum absolute atomic E-state index is 0.0454. The molecule has 3 aromatic rings. The Kier molecular flexibility index (Phi) is 5.39. The normalized spacial score (nSPS) is 16.3. The second kappa shape index (κ2) is 8.27. The number of nitrogens with one attached hydrogen (secondary N) is 2. The summed E-state index contributed by atoms with van der Waals surface area (Å²) in [6.45, 7) is 0.839. The molecule has 2 N–H and O–H groups in total. The highest BCUT2D eigenvalue weighted by Gasteiger charge is 2.34. The van der Waals surface area contributed by atoms with Crippen LogP contribution in [0.25, 0.3) is 0 Å². The number of hydrogen-bond donors (Lipinski definition) is 2. The fourth-order valence-corrected chi connectivity index (χ4v) is 3.88. The summed E-state index contributed by atoms with van der Waals surface area (Å²) in [5, 5.41) is 7.56. The largest absolute Gasteiger partial charge is 0.459 e. The Morgan fingerprint density at radius 1 is 1.24 bits per heavy atom. The standard InChI is InChI=1S/C20H18N4O4S/c25-16(24-9-8-21-19(27)17(24)13-5-2-1-3-6-13)11-14-12-29-20(22-14)23-18(26)15-7-4-10-28-15/h1-7,10,12,17H,8-9,11H2,(H,21,27)(H,22,23,26). The van der Waals surface area contributed by atoms with Crippen molar-refractivity contribution in [3.05, 3.63) is 71.1 Å². The Morgan fingerprint density at radius 3 is 2.83 bits per heavy atom. The van der Waals surface area contributed by atoms with Gasteiger partial charge in [0.25, 0.3) is 5.91 Å². The monoisotopic (exact) mass is 410 g/mol. The molecule has 1 aromatic carbocycles. The highest BCUT2D eigenvalue weighted by molar-refractivity contribution is 7.14. The first-order valence-electron chi connectivity index (χ1n) is 9.03. The number of amides is 3. The summed E-state index contributed by atoms with van der Waals surface area (Å²) in [5.41, 5.74) is 1.30. The SMILES string of the molecule is O=C(Nc1nc(CC(=O)N2CCNC(=O)C2c2ccccc2)cs1)c1ccco1. The van der Waals surface area contributed by atoms with E-state index in [2.05, 4.69) is 15.6 Å². The summed E-state index contributed by atoms with van der Waals surface area (Å²) in [6, 6.07) is 11.7. The number of thiazole rings is 1. The van der Waals surface area contributed by atoms with E-state index in [0.717, 1.165) is 5.56 Å². The molecule has 0 saturated carbocycles. The van der Waals surface area contributed by atoms with Crippen LogP contribution < -0.4 is 10.6 Å². The van der Waals surface area contributed by atoms with Crippen molar-refractivity contribution in [1.29, 1.82) is 0 Å². The van der Waals surface area contributed by atoms with Crippen molar-refractivity contribution in [2.45, 2.75) is 12.5 Å². The fraction of sp³-hybridized carbons (Fsp3) is 0.200. The van der Waals surface area contributed by atoms with Crippen LogP contribution in [0.5, 0.6) is 0 Å². The molecule has 9 heteroatoms. The van der Waals surface area contributed by atoms with Crippen LogP contribution in [0.4, 0.5) is 5.13 Å². The molecule has 0 bridgehead atoms. The number of hydrogen-bond acceptors (Lipinski definition) is 6. The average Bonchev–Trinajstić information content (AvgIpc) is 3.41. The van der Waals surface area contributed by atoms with Crippen molar-refractivity contribution in [2.24, 2.45) is 0 Å². The topological polar surface area (TPSA) is 105 Å². The van der Waals surface area contributed by atoms with E-state index in [1.165, 1.54) is 17.6 Å². The molecule has 8 nitrogen and oxygen atoms in total. The number of benzene rings is 1. The Morgan fingerprint density at radius 2 is 2.07 bits per heavy atom. The van der Waals surface area contributed by atoms with Gasteiger partial charge in [-0.25, -0.2) is 4.98 Å². The van der Waals surface area contributed by atoms with E-state index in [9.17, 15) is 14.4 Å². The second-order valence-electron chi connectivity index (χ2n) is 6.44. The molecule has 0 radical (unpaired) electrons. The molecule has 0 spiro atoms. The zero-order chi connectivity index (χ0) is 20.2. The maximum Gasteiger partial charge on any atom is 0.293 e. The Bertz CT molecular complexity index is 1020. The van der Waals surface area contributed by atoms with Gasteiger partial charge in [-0.05, 0) is 17.7 Å². The molecule has 1 fully saturated rings. The van der Waals surface area contributed by atoms with Gasteiger partial charge in [0, 0.05) is 18.5 Å². The van der Waals surface area contributed by atoms with E-state index in [4.69, 9.17) is 4.42 Å². The molecular formula is C20H18N4O4S. The predicted molar refractivity (Wildman–Crippen MR) is 106 cm³/mol. The molecule has 1 unspecified atom stereocenters. The molecule has 148 valence electrons. The van der Waals surface area contributed by atoms with Crippen molar-refractivity contribution >= 4 is 34.2 Å². The van der Waals surface area contributed by atoms with Gasteiger partial charge in [-0.3, -0.25) is 19.7 Å². The zero-order valence-corrected chi connectivity index (χ0v) is 16.1. The molecule has 1 atom stereocenters. The highest BCUT2D eigenvalue weighted by atomic mass is 32.1. The predicted octanol–water partition coefficient (Wildman–Crippen LogP) is 2.23. The van der Waals surface area contributed by atoms with Gasteiger partial charge in [0.1, 0.15) is 6.04 Å². The third-order valence-corrected chi connectivity index (χ3v) is 5.30. The molecule has 1 saturated heterocycles. The first-order chi connectivity index (χ1) is 14.1. The first-order valence-corrected chi connectivity index (χ1v) is 9.91. The molecule has 3 amide bonds. The van der Waals surface area contributed by atoms with Gasteiger partial charge >= 0.3 is 0 Å². The number of anilines is 1. The lowest BCUT2D eigenvalue weighted by Gasteiger charge is -2.35. The smallest absolute Gasteiger partial charge is 0.293 e. The highest BCUT2D eigenvalue weighted by Crippen LogP contribution is 2.25. The van der Waals surface area contributed by atoms with Gasteiger partial charge in [-0.15, -0.1) is 11.3 Å². The van der Waals surface area contributed by atoms with E-state index >= 15 is 0 Å². The van der Waals surface area contributed by atoms with Crippen LogP contribution in [-0.4, -0.2) is 40.7 Å². The van der Waals surface area contributed by atoms with Crippen molar-refractivity contribution < 1.29 is 18.8 Å². The summed E-state index contributed by atoms with van der Waals surface area (Å²) in [4.78, 5) is 43.3. The van der Waals surface area contributed by atoms with Gasteiger partial charge < -0.3 is 14.6 Å². The van der Waals surface area contributed by atoms with Gasteiger partial charge in [0.15, 0.2) is 10.9 Å². The quantitative estimate of drug-likeness (QED) is 0.671. The van der Waals surface area contributed by atoms with Crippen molar-refractivity contribution in [3.8, 4) is 0 Å².